The largest absolute Gasteiger partial charge is 0.370 e. The number of carbonyl (C=O) groups excluding carboxylic acids is 1. The predicted octanol–water partition coefficient (Wildman–Crippen LogP) is 2.15. The first-order valence-corrected chi connectivity index (χ1v) is 7.24. The van der Waals surface area contributed by atoms with Crippen molar-refractivity contribution in [3.8, 4) is 0 Å². The SMILES string of the molecule is CC(C)(C)NC(=O)CN=C(N)NC1CCCCCC1.I. The van der Waals surface area contributed by atoms with Gasteiger partial charge in [-0.25, -0.2) is 4.99 Å². The van der Waals surface area contributed by atoms with Crippen LogP contribution in [0, 0.1) is 0 Å². The van der Waals surface area contributed by atoms with Crippen molar-refractivity contribution in [1.29, 1.82) is 0 Å². The second-order valence-corrected chi connectivity index (χ2v) is 6.33. The first-order valence-electron chi connectivity index (χ1n) is 7.24. The average Bonchev–Trinajstić information content (AvgIpc) is 2.53. The summed E-state index contributed by atoms with van der Waals surface area (Å²) in [6, 6.07) is 0.414. The summed E-state index contributed by atoms with van der Waals surface area (Å²) in [5, 5.41) is 6.08. The summed E-state index contributed by atoms with van der Waals surface area (Å²) < 4.78 is 0. The lowest BCUT2D eigenvalue weighted by Gasteiger charge is -2.20. The van der Waals surface area contributed by atoms with Crippen LogP contribution in [0.5, 0.6) is 0 Å². The molecule has 1 rings (SSSR count). The molecule has 1 saturated carbocycles. The highest BCUT2D eigenvalue weighted by molar-refractivity contribution is 14.0. The number of nitrogens with zero attached hydrogens (tertiary/aromatic N) is 1. The number of nitrogens with two attached hydrogens (primary N) is 1. The van der Waals surface area contributed by atoms with E-state index in [1.807, 2.05) is 20.8 Å². The van der Waals surface area contributed by atoms with E-state index in [1.54, 1.807) is 0 Å². The van der Waals surface area contributed by atoms with Gasteiger partial charge in [-0.1, -0.05) is 25.7 Å². The molecule has 0 atom stereocenters. The zero-order chi connectivity index (χ0) is 14.3. The van der Waals surface area contributed by atoms with Crippen molar-refractivity contribution in [3.05, 3.63) is 0 Å². The van der Waals surface area contributed by atoms with Crippen LogP contribution in [0.25, 0.3) is 0 Å². The summed E-state index contributed by atoms with van der Waals surface area (Å²) in [7, 11) is 0. The van der Waals surface area contributed by atoms with Crippen molar-refractivity contribution < 1.29 is 4.79 Å². The molecule has 0 aromatic carbocycles. The zero-order valence-corrected chi connectivity index (χ0v) is 15.2. The molecule has 118 valence electrons. The molecule has 0 heterocycles. The molecule has 0 aliphatic heterocycles. The highest BCUT2D eigenvalue weighted by Crippen LogP contribution is 2.16. The number of rotatable bonds is 3. The molecule has 4 N–H and O–H groups in total. The van der Waals surface area contributed by atoms with Crippen molar-refractivity contribution in [2.24, 2.45) is 10.7 Å². The molecule has 0 aromatic rings. The van der Waals surface area contributed by atoms with Crippen LogP contribution in [0.2, 0.25) is 0 Å². The third-order valence-corrected chi connectivity index (χ3v) is 3.11. The van der Waals surface area contributed by atoms with Gasteiger partial charge in [-0.05, 0) is 33.6 Å². The van der Waals surface area contributed by atoms with E-state index in [-0.39, 0.29) is 42.0 Å². The van der Waals surface area contributed by atoms with Crippen LogP contribution < -0.4 is 16.4 Å². The van der Waals surface area contributed by atoms with E-state index in [0.29, 0.717) is 12.0 Å². The van der Waals surface area contributed by atoms with Crippen LogP contribution in [0.4, 0.5) is 0 Å². The standard InChI is InChI=1S/C14H28N4O.HI/c1-14(2,3)18-12(19)10-16-13(15)17-11-8-6-4-5-7-9-11;/h11H,4-10H2,1-3H3,(H,18,19)(H3,15,16,17);1H. The molecule has 5 nitrogen and oxygen atoms in total. The Kier molecular flexibility index (Phi) is 9.16. The number of amides is 1. The van der Waals surface area contributed by atoms with E-state index in [0.717, 1.165) is 12.8 Å². The summed E-state index contributed by atoms with van der Waals surface area (Å²) in [6.07, 6.45) is 7.40. The van der Waals surface area contributed by atoms with Crippen LogP contribution in [0.3, 0.4) is 0 Å². The maximum Gasteiger partial charge on any atom is 0.242 e. The van der Waals surface area contributed by atoms with Crippen molar-refractivity contribution in [1.82, 2.24) is 10.6 Å². The Labute approximate surface area is 139 Å². The second-order valence-electron chi connectivity index (χ2n) is 6.33. The van der Waals surface area contributed by atoms with Gasteiger partial charge in [0.15, 0.2) is 5.96 Å². The van der Waals surface area contributed by atoms with E-state index in [1.165, 1.54) is 25.7 Å². The highest BCUT2D eigenvalue weighted by Gasteiger charge is 2.14. The molecule has 20 heavy (non-hydrogen) atoms. The van der Waals surface area contributed by atoms with Gasteiger partial charge >= 0.3 is 0 Å². The summed E-state index contributed by atoms with van der Waals surface area (Å²) >= 11 is 0. The predicted molar refractivity (Wildman–Crippen MR) is 94.4 cm³/mol. The smallest absolute Gasteiger partial charge is 0.242 e. The summed E-state index contributed by atoms with van der Waals surface area (Å²) in [5.41, 5.74) is 5.60. The maximum atomic E-state index is 11.6. The molecule has 1 aliphatic carbocycles. The molecule has 1 amide bonds. The van der Waals surface area contributed by atoms with Gasteiger partial charge < -0.3 is 16.4 Å². The first-order chi connectivity index (χ1) is 8.87. The number of hydrogen-bond acceptors (Lipinski definition) is 2. The Balaban J connectivity index is 0.00000361. The average molecular weight is 396 g/mol. The molecule has 0 spiro atoms. The minimum atomic E-state index is -0.226. The van der Waals surface area contributed by atoms with Gasteiger partial charge in [0, 0.05) is 11.6 Å². The van der Waals surface area contributed by atoms with Gasteiger partial charge in [-0.2, -0.15) is 0 Å². The topological polar surface area (TPSA) is 79.5 Å². The lowest BCUT2D eigenvalue weighted by Crippen LogP contribution is -2.43. The second kappa shape index (κ2) is 9.41. The van der Waals surface area contributed by atoms with E-state index in [9.17, 15) is 4.79 Å². The van der Waals surface area contributed by atoms with Crippen LogP contribution in [0.1, 0.15) is 59.3 Å². The number of hydrogen-bond donors (Lipinski definition) is 3. The molecular weight excluding hydrogens is 367 g/mol. The molecule has 6 heteroatoms. The van der Waals surface area contributed by atoms with E-state index in [4.69, 9.17) is 5.73 Å². The Morgan fingerprint density at radius 2 is 1.75 bits per heavy atom. The minimum absolute atomic E-state index is 0. The minimum Gasteiger partial charge on any atom is -0.370 e. The molecule has 0 radical (unpaired) electrons. The summed E-state index contributed by atoms with van der Waals surface area (Å²) in [5.74, 6) is 0.286. The fraction of sp³-hybridized carbons (Fsp3) is 0.857. The van der Waals surface area contributed by atoms with Gasteiger partial charge in [0.1, 0.15) is 6.54 Å². The Bertz CT molecular complexity index is 318. The molecule has 0 bridgehead atoms. The van der Waals surface area contributed by atoms with E-state index in [2.05, 4.69) is 15.6 Å². The summed E-state index contributed by atoms with van der Waals surface area (Å²) in [4.78, 5) is 15.7. The van der Waals surface area contributed by atoms with Gasteiger partial charge in [0.2, 0.25) is 5.91 Å². The molecule has 1 aliphatic rings. The van der Waals surface area contributed by atoms with Crippen LogP contribution in [-0.4, -0.2) is 30.0 Å². The van der Waals surface area contributed by atoms with Crippen molar-refractivity contribution in [3.63, 3.8) is 0 Å². The van der Waals surface area contributed by atoms with Crippen LogP contribution in [-0.2, 0) is 4.79 Å². The summed E-state index contributed by atoms with van der Waals surface area (Å²) in [6.45, 7) is 5.92. The monoisotopic (exact) mass is 396 g/mol. The van der Waals surface area contributed by atoms with Crippen LogP contribution in [0.15, 0.2) is 4.99 Å². The van der Waals surface area contributed by atoms with Crippen molar-refractivity contribution in [2.45, 2.75) is 70.9 Å². The van der Waals surface area contributed by atoms with Gasteiger partial charge in [0.25, 0.3) is 0 Å². The molecule has 0 saturated heterocycles. The number of nitrogens with one attached hydrogen (secondary N) is 2. The third-order valence-electron chi connectivity index (χ3n) is 3.11. The molecule has 1 fully saturated rings. The van der Waals surface area contributed by atoms with Crippen molar-refractivity contribution >= 4 is 35.8 Å². The van der Waals surface area contributed by atoms with Gasteiger partial charge in [-0.3, -0.25) is 4.79 Å². The first kappa shape index (κ1) is 19.5. The third kappa shape index (κ3) is 9.39. The van der Waals surface area contributed by atoms with Gasteiger partial charge in [-0.15, -0.1) is 24.0 Å². The van der Waals surface area contributed by atoms with Gasteiger partial charge in [0.05, 0.1) is 0 Å². The Hall–Kier alpha value is -0.530. The number of aliphatic imine (C=N–C) groups is 1. The number of guanidine groups is 1. The van der Waals surface area contributed by atoms with Crippen molar-refractivity contribution in [2.75, 3.05) is 6.54 Å². The van der Waals surface area contributed by atoms with E-state index < -0.39 is 0 Å². The van der Waals surface area contributed by atoms with Crippen LogP contribution >= 0.6 is 24.0 Å². The Morgan fingerprint density at radius 3 is 2.25 bits per heavy atom. The zero-order valence-electron chi connectivity index (χ0n) is 12.9. The number of carbonyl (C=O) groups is 1. The molecular formula is C14H29IN4O. The lowest BCUT2D eigenvalue weighted by atomic mass is 10.1. The maximum absolute atomic E-state index is 11.6. The highest BCUT2D eigenvalue weighted by atomic mass is 127. The number of halogens is 1. The Morgan fingerprint density at radius 1 is 1.20 bits per heavy atom. The fourth-order valence-electron chi connectivity index (χ4n) is 2.29. The van der Waals surface area contributed by atoms with E-state index >= 15 is 0 Å². The fourth-order valence-corrected chi connectivity index (χ4v) is 2.29. The lowest BCUT2D eigenvalue weighted by molar-refractivity contribution is -0.121. The molecule has 0 unspecified atom stereocenters. The quantitative estimate of drug-likeness (QED) is 0.296. The molecule has 0 aromatic heterocycles. The normalized spacial score (nSPS) is 17.9.